The molecule has 2 aromatic carbocycles. The first-order chi connectivity index (χ1) is 14.7. The highest BCUT2D eigenvalue weighted by molar-refractivity contribution is 7.99. The average molecular weight is 480 g/mol. The van der Waals surface area contributed by atoms with Gasteiger partial charge < -0.3 is 4.74 Å². The van der Waals surface area contributed by atoms with Crippen LogP contribution in [0.3, 0.4) is 0 Å². The first kappa shape index (κ1) is 22.5. The molecule has 0 radical (unpaired) electrons. The molecule has 1 aromatic heterocycles. The van der Waals surface area contributed by atoms with Crippen molar-refractivity contribution < 1.29 is 22.9 Å². The molecular weight excluding hydrogens is 466 g/mol. The van der Waals surface area contributed by atoms with E-state index in [4.69, 9.17) is 11.6 Å². The zero-order valence-corrected chi connectivity index (χ0v) is 18.2. The van der Waals surface area contributed by atoms with Gasteiger partial charge in [0.05, 0.1) is 28.2 Å². The van der Waals surface area contributed by atoms with Gasteiger partial charge in [-0.15, -0.1) is 0 Å². The van der Waals surface area contributed by atoms with Gasteiger partial charge in [-0.05, 0) is 36.4 Å². The minimum absolute atomic E-state index is 0.00300. The number of hydrogen-bond donors (Lipinski definition) is 1. The highest BCUT2D eigenvalue weighted by atomic mass is 35.5. The van der Waals surface area contributed by atoms with Crippen molar-refractivity contribution in [1.29, 1.82) is 0 Å². The lowest BCUT2D eigenvalue weighted by Crippen LogP contribution is -2.13. The highest BCUT2D eigenvalue weighted by Gasteiger charge is 2.22. The maximum atomic E-state index is 12.7. The summed E-state index contributed by atoms with van der Waals surface area (Å²) < 4.78 is 32.4. The van der Waals surface area contributed by atoms with Crippen LogP contribution in [0.5, 0.6) is 0 Å². The molecule has 0 saturated heterocycles. The molecule has 3 rings (SSSR count). The number of hydrogen-bond acceptors (Lipinski definition) is 8. The molecule has 12 heteroatoms. The largest absolute Gasteiger partial charge is 0.465 e. The summed E-state index contributed by atoms with van der Waals surface area (Å²) in [6.45, 7) is 0. The molecule has 0 aliphatic heterocycles. The molecule has 1 N–H and O–H groups in total. The van der Waals surface area contributed by atoms with E-state index in [1.54, 1.807) is 18.2 Å². The molecule has 160 valence electrons. The Kier molecular flexibility index (Phi) is 6.78. The Balaban J connectivity index is 1.95. The molecule has 0 saturated carbocycles. The van der Waals surface area contributed by atoms with Crippen LogP contribution in [0.15, 0.2) is 75.6 Å². The summed E-state index contributed by atoms with van der Waals surface area (Å²) >= 11 is 6.69. The Bertz CT molecular complexity index is 1250. The molecule has 0 fully saturated rings. The quantitative estimate of drug-likeness (QED) is 0.300. The maximum Gasteiger partial charge on any atom is 0.339 e. The number of halogens is 1. The number of benzene rings is 2. The molecule has 31 heavy (non-hydrogen) atoms. The molecule has 0 amide bonds. The SMILES string of the molecule is COC(=O)c1cnc(Sc2ccccc2NS(=O)(=O)c2ccc(Cl)cc2)c([N+](=O)[O-])c1. The Morgan fingerprint density at radius 2 is 1.87 bits per heavy atom. The van der Waals surface area contributed by atoms with E-state index in [1.807, 2.05) is 0 Å². The number of carbonyl (C=O) groups excluding carboxylic acids is 1. The van der Waals surface area contributed by atoms with Crippen LogP contribution in [0.4, 0.5) is 11.4 Å². The van der Waals surface area contributed by atoms with E-state index in [-0.39, 0.29) is 21.2 Å². The van der Waals surface area contributed by atoms with E-state index in [9.17, 15) is 23.3 Å². The summed E-state index contributed by atoms with van der Waals surface area (Å²) in [5.41, 5.74) is -0.283. The Morgan fingerprint density at radius 3 is 2.52 bits per heavy atom. The van der Waals surface area contributed by atoms with Crippen molar-refractivity contribution >= 4 is 50.7 Å². The van der Waals surface area contributed by atoms with Gasteiger partial charge in [0.1, 0.15) is 0 Å². The fourth-order valence-electron chi connectivity index (χ4n) is 2.44. The van der Waals surface area contributed by atoms with Gasteiger partial charge in [0, 0.05) is 22.2 Å². The van der Waals surface area contributed by atoms with Crippen molar-refractivity contribution in [3.05, 3.63) is 81.5 Å². The van der Waals surface area contributed by atoms with Crippen LogP contribution in [0.1, 0.15) is 10.4 Å². The number of sulfonamides is 1. The first-order valence-corrected chi connectivity index (χ1v) is 11.2. The van der Waals surface area contributed by atoms with Crippen molar-refractivity contribution in [2.45, 2.75) is 14.8 Å². The van der Waals surface area contributed by atoms with Gasteiger partial charge in [0.15, 0.2) is 5.03 Å². The Morgan fingerprint density at radius 1 is 1.19 bits per heavy atom. The monoisotopic (exact) mass is 479 g/mol. The molecule has 0 aliphatic rings. The Hall–Kier alpha value is -3.15. The second-order valence-electron chi connectivity index (χ2n) is 5.95. The number of anilines is 1. The van der Waals surface area contributed by atoms with Gasteiger partial charge >= 0.3 is 11.7 Å². The van der Waals surface area contributed by atoms with Crippen molar-refractivity contribution in [2.75, 3.05) is 11.8 Å². The number of para-hydroxylation sites is 1. The minimum atomic E-state index is -3.93. The van der Waals surface area contributed by atoms with Gasteiger partial charge in [-0.25, -0.2) is 18.2 Å². The topological polar surface area (TPSA) is 128 Å². The molecule has 0 spiro atoms. The van der Waals surface area contributed by atoms with E-state index in [0.717, 1.165) is 31.1 Å². The van der Waals surface area contributed by atoms with Gasteiger partial charge in [-0.1, -0.05) is 35.5 Å². The van der Waals surface area contributed by atoms with E-state index >= 15 is 0 Å². The van der Waals surface area contributed by atoms with Crippen LogP contribution < -0.4 is 4.72 Å². The van der Waals surface area contributed by atoms with E-state index in [0.29, 0.717) is 9.92 Å². The molecule has 3 aromatic rings. The van der Waals surface area contributed by atoms with Crippen LogP contribution in [0, 0.1) is 10.1 Å². The lowest BCUT2D eigenvalue weighted by atomic mass is 10.3. The normalized spacial score (nSPS) is 11.0. The summed E-state index contributed by atoms with van der Waals surface area (Å²) in [7, 11) is -2.78. The van der Waals surface area contributed by atoms with Gasteiger partial charge in [-0.3, -0.25) is 14.8 Å². The number of esters is 1. The Labute approximate surface area is 186 Å². The van der Waals surface area contributed by atoms with Crippen LogP contribution in [-0.4, -0.2) is 31.4 Å². The summed E-state index contributed by atoms with van der Waals surface area (Å²) in [6.07, 6.45) is 1.15. The maximum absolute atomic E-state index is 12.7. The molecule has 9 nitrogen and oxygen atoms in total. The molecule has 0 unspecified atom stereocenters. The molecule has 1 heterocycles. The molecule has 0 atom stereocenters. The zero-order valence-electron chi connectivity index (χ0n) is 15.8. The van der Waals surface area contributed by atoms with Crippen LogP contribution in [-0.2, 0) is 14.8 Å². The average Bonchev–Trinajstić information content (AvgIpc) is 2.74. The predicted molar refractivity (Wildman–Crippen MR) is 115 cm³/mol. The summed E-state index contributed by atoms with van der Waals surface area (Å²) in [4.78, 5) is 26.8. The van der Waals surface area contributed by atoms with Crippen molar-refractivity contribution in [3.8, 4) is 0 Å². The number of ether oxygens (including phenoxy) is 1. The third-order valence-electron chi connectivity index (χ3n) is 3.91. The lowest BCUT2D eigenvalue weighted by molar-refractivity contribution is -0.388. The van der Waals surface area contributed by atoms with Crippen LogP contribution in [0.25, 0.3) is 0 Å². The number of aromatic nitrogens is 1. The smallest absolute Gasteiger partial charge is 0.339 e. The summed E-state index contributed by atoms with van der Waals surface area (Å²) in [5, 5.41) is 11.9. The number of pyridine rings is 1. The number of nitro groups is 1. The van der Waals surface area contributed by atoms with E-state index < -0.39 is 26.6 Å². The minimum Gasteiger partial charge on any atom is -0.465 e. The summed E-state index contributed by atoms with van der Waals surface area (Å²) in [6, 6.07) is 13.1. The van der Waals surface area contributed by atoms with Gasteiger partial charge in [0.2, 0.25) is 0 Å². The van der Waals surface area contributed by atoms with E-state index in [1.165, 1.54) is 30.3 Å². The number of nitrogens with one attached hydrogen (secondary N) is 1. The van der Waals surface area contributed by atoms with Crippen molar-refractivity contribution in [1.82, 2.24) is 4.98 Å². The second-order valence-corrected chi connectivity index (χ2v) is 9.10. The van der Waals surface area contributed by atoms with Gasteiger partial charge in [0.25, 0.3) is 10.0 Å². The number of rotatable bonds is 7. The van der Waals surface area contributed by atoms with E-state index in [2.05, 4.69) is 14.4 Å². The molecule has 0 aliphatic carbocycles. The highest BCUT2D eigenvalue weighted by Crippen LogP contribution is 2.38. The zero-order chi connectivity index (χ0) is 22.6. The van der Waals surface area contributed by atoms with Crippen molar-refractivity contribution in [2.24, 2.45) is 0 Å². The predicted octanol–water partition coefficient (Wildman–Crippen LogP) is 4.38. The lowest BCUT2D eigenvalue weighted by Gasteiger charge is -2.12. The second kappa shape index (κ2) is 9.33. The fourth-order valence-corrected chi connectivity index (χ4v) is 4.64. The molecular formula is C19H14ClN3O6S2. The third kappa shape index (κ3) is 5.32. The molecule has 0 bridgehead atoms. The van der Waals surface area contributed by atoms with Crippen LogP contribution in [0.2, 0.25) is 5.02 Å². The number of methoxy groups -OCH3 is 1. The van der Waals surface area contributed by atoms with Crippen LogP contribution >= 0.6 is 23.4 Å². The third-order valence-corrected chi connectivity index (χ3v) is 6.63. The fraction of sp³-hybridized carbons (Fsp3) is 0.0526. The standard InChI is InChI=1S/C19H14ClN3O6S2/c1-29-19(24)12-10-16(23(25)26)18(21-11-12)30-17-5-3-2-4-15(17)22-31(27,28)14-8-6-13(20)7-9-14/h2-11,22H,1H3. The number of carbonyl (C=O) groups is 1. The summed E-state index contributed by atoms with van der Waals surface area (Å²) in [5.74, 6) is -0.761. The number of nitrogens with zero attached hydrogens (tertiary/aromatic N) is 2. The van der Waals surface area contributed by atoms with Gasteiger partial charge in [-0.2, -0.15) is 0 Å². The van der Waals surface area contributed by atoms with Crippen molar-refractivity contribution in [3.63, 3.8) is 0 Å². The first-order valence-electron chi connectivity index (χ1n) is 8.49.